The second kappa shape index (κ2) is 17.3. The number of amides is 4. The van der Waals surface area contributed by atoms with Crippen LogP contribution in [0.15, 0.2) is 54.6 Å². The molecule has 0 unspecified atom stereocenters. The van der Waals surface area contributed by atoms with E-state index in [0.29, 0.717) is 57.2 Å². The maximum Gasteiger partial charge on any atom is 0.243 e. The molecule has 2 aromatic carbocycles. The second-order valence-corrected chi connectivity index (χ2v) is 12.2. The van der Waals surface area contributed by atoms with Crippen LogP contribution in [-0.4, -0.2) is 75.6 Å². The third-order valence-corrected chi connectivity index (χ3v) is 7.98. The minimum atomic E-state index is -0.844. The number of rotatable bonds is 7. The summed E-state index contributed by atoms with van der Waals surface area (Å²) in [5, 5.41) is 13.4. The van der Waals surface area contributed by atoms with E-state index in [0.717, 1.165) is 16.9 Å². The first-order chi connectivity index (χ1) is 22.6. The summed E-state index contributed by atoms with van der Waals surface area (Å²) in [6, 6.07) is 15.6. The van der Waals surface area contributed by atoms with Crippen LogP contribution in [0, 0.1) is 12.8 Å². The molecule has 3 aromatic rings. The first kappa shape index (κ1) is 35.1. The van der Waals surface area contributed by atoms with Gasteiger partial charge in [-0.2, -0.15) is 5.10 Å². The van der Waals surface area contributed by atoms with E-state index >= 15 is 0 Å². The Morgan fingerprint density at radius 2 is 1.68 bits per heavy atom. The smallest absolute Gasteiger partial charge is 0.243 e. The molecule has 12 heteroatoms. The molecule has 47 heavy (non-hydrogen) atoms. The van der Waals surface area contributed by atoms with Gasteiger partial charge in [-0.3, -0.25) is 19.2 Å². The van der Waals surface area contributed by atoms with Gasteiger partial charge in [0.1, 0.15) is 24.2 Å². The first-order valence-corrected chi connectivity index (χ1v) is 16.4. The molecule has 2 atom stereocenters. The van der Waals surface area contributed by atoms with E-state index in [4.69, 9.17) is 4.74 Å². The maximum absolute atomic E-state index is 13.8. The molecular weight excluding hydrogens is 598 g/mol. The molecule has 252 valence electrons. The van der Waals surface area contributed by atoms with Crippen LogP contribution < -0.4 is 20.7 Å². The normalized spacial score (nSPS) is 18.7. The summed E-state index contributed by atoms with van der Waals surface area (Å²) in [5.41, 5.74) is 1.76. The van der Waals surface area contributed by atoms with Gasteiger partial charge in [-0.25, -0.2) is 9.67 Å². The number of carbonyl (C=O) groups is 4. The van der Waals surface area contributed by atoms with Crippen LogP contribution in [0.1, 0.15) is 68.9 Å². The molecule has 0 aliphatic carbocycles. The predicted octanol–water partition coefficient (Wildman–Crippen LogP) is 2.90. The molecule has 1 aromatic heterocycles. The Balaban J connectivity index is 1.55. The lowest BCUT2D eigenvalue weighted by atomic mass is 10.0. The fraction of sp³-hybridized carbons (Fsp3) is 0.486. The summed E-state index contributed by atoms with van der Waals surface area (Å²) in [5.74, 6) is 0.682. The Kier molecular flexibility index (Phi) is 12.9. The molecule has 1 aliphatic rings. The standard InChI is InChI=1S/C35H47N7O5/c1-5-47-28-16-14-27(15-17-28)22-32(45)41-19-9-13-30(43)38-29(21-26-11-7-6-8-12-26)35(46)39-33(24(2)3)34-37-25(4)40-42(34)23-31(44)36-18-10-20-41/h6-8,11-12,14-17,24,29,33H,5,9-10,13,18-23H2,1-4H3,(H,36,44)(H,38,43)(H,39,46)/t29-,33+/m1/s1. The Hall–Kier alpha value is -4.74. The Bertz CT molecular complexity index is 1490. The van der Waals surface area contributed by atoms with Crippen LogP contribution in [0.4, 0.5) is 0 Å². The van der Waals surface area contributed by atoms with Gasteiger partial charge in [0.2, 0.25) is 23.6 Å². The van der Waals surface area contributed by atoms with E-state index in [-0.39, 0.29) is 48.9 Å². The van der Waals surface area contributed by atoms with Crippen LogP contribution in [0.3, 0.4) is 0 Å². The van der Waals surface area contributed by atoms with Crippen molar-refractivity contribution in [2.45, 2.75) is 78.4 Å². The molecule has 0 radical (unpaired) electrons. The number of fused-ring (bicyclic) bond motifs is 1. The van der Waals surface area contributed by atoms with Crippen molar-refractivity contribution in [2.24, 2.45) is 5.92 Å². The van der Waals surface area contributed by atoms with Gasteiger partial charge in [0, 0.05) is 32.5 Å². The highest BCUT2D eigenvalue weighted by Gasteiger charge is 2.30. The van der Waals surface area contributed by atoms with Crippen molar-refractivity contribution in [3.63, 3.8) is 0 Å². The summed E-state index contributed by atoms with van der Waals surface area (Å²) in [4.78, 5) is 59.8. The SMILES string of the molecule is CCOc1ccc(CC(=O)N2CCCNC(=O)Cn3nc(C)nc3[C@H](C(C)C)NC(=O)[C@@H](Cc3ccccc3)NC(=O)CCC2)cc1. The molecule has 4 rings (SSSR count). The third-order valence-electron chi connectivity index (χ3n) is 7.98. The van der Waals surface area contributed by atoms with Crippen molar-refractivity contribution in [1.29, 1.82) is 0 Å². The average molecular weight is 646 g/mol. The van der Waals surface area contributed by atoms with E-state index in [2.05, 4.69) is 26.0 Å². The van der Waals surface area contributed by atoms with E-state index in [1.54, 1.807) is 11.8 Å². The molecule has 2 heterocycles. The summed E-state index contributed by atoms with van der Waals surface area (Å²) < 4.78 is 7.04. The van der Waals surface area contributed by atoms with Crippen LogP contribution in [-0.2, 0) is 38.6 Å². The molecule has 0 spiro atoms. The van der Waals surface area contributed by atoms with Gasteiger partial charge in [0.15, 0.2) is 5.82 Å². The number of carbonyl (C=O) groups excluding carboxylic acids is 4. The van der Waals surface area contributed by atoms with Crippen LogP contribution in [0.25, 0.3) is 0 Å². The molecule has 1 aliphatic heterocycles. The van der Waals surface area contributed by atoms with Crippen molar-refractivity contribution in [1.82, 2.24) is 35.6 Å². The lowest BCUT2D eigenvalue weighted by Crippen LogP contribution is -2.50. The van der Waals surface area contributed by atoms with Gasteiger partial charge < -0.3 is 25.6 Å². The van der Waals surface area contributed by atoms with E-state index < -0.39 is 12.1 Å². The summed E-state index contributed by atoms with van der Waals surface area (Å²) >= 11 is 0. The van der Waals surface area contributed by atoms with E-state index in [9.17, 15) is 19.2 Å². The van der Waals surface area contributed by atoms with Crippen LogP contribution in [0.2, 0.25) is 0 Å². The highest BCUT2D eigenvalue weighted by Crippen LogP contribution is 2.21. The molecule has 0 saturated heterocycles. The van der Waals surface area contributed by atoms with Crippen molar-refractivity contribution >= 4 is 23.6 Å². The minimum absolute atomic E-state index is 0.0696. The maximum atomic E-state index is 13.8. The predicted molar refractivity (Wildman–Crippen MR) is 177 cm³/mol. The highest BCUT2D eigenvalue weighted by molar-refractivity contribution is 5.88. The second-order valence-electron chi connectivity index (χ2n) is 12.2. The Morgan fingerprint density at radius 1 is 0.957 bits per heavy atom. The number of nitrogens with one attached hydrogen (secondary N) is 3. The van der Waals surface area contributed by atoms with Gasteiger partial charge in [-0.05, 0) is 55.9 Å². The molecule has 0 bridgehead atoms. The first-order valence-electron chi connectivity index (χ1n) is 16.4. The van der Waals surface area contributed by atoms with Gasteiger partial charge in [-0.15, -0.1) is 0 Å². The molecule has 12 nitrogen and oxygen atoms in total. The average Bonchev–Trinajstić information content (AvgIpc) is 3.40. The zero-order valence-corrected chi connectivity index (χ0v) is 27.8. The van der Waals surface area contributed by atoms with Crippen LogP contribution in [0.5, 0.6) is 5.75 Å². The number of ether oxygens (including phenoxy) is 1. The van der Waals surface area contributed by atoms with Crippen LogP contribution >= 0.6 is 0 Å². The van der Waals surface area contributed by atoms with Crippen molar-refractivity contribution < 1.29 is 23.9 Å². The lowest BCUT2D eigenvalue weighted by Gasteiger charge is -2.26. The largest absolute Gasteiger partial charge is 0.494 e. The number of hydrogen-bond donors (Lipinski definition) is 3. The number of benzene rings is 2. The zero-order chi connectivity index (χ0) is 33.8. The fourth-order valence-corrected chi connectivity index (χ4v) is 5.56. The summed E-state index contributed by atoms with van der Waals surface area (Å²) in [6.07, 6.45) is 1.60. The fourth-order valence-electron chi connectivity index (χ4n) is 5.56. The zero-order valence-electron chi connectivity index (χ0n) is 27.8. The van der Waals surface area contributed by atoms with E-state index in [1.165, 1.54) is 4.68 Å². The van der Waals surface area contributed by atoms with Crippen molar-refractivity contribution in [2.75, 3.05) is 26.2 Å². The molecule has 0 saturated carbocycles. The number of aryl methyl sites for hydroxylation is 1. The van der Waals surface area contributed by atoms with Gasteiger partial charge in [0.05, 0.1) is 19.1 Å². The highest BCUT2D eigenvalue weighted by atomic mass is 16.5. The number of nitrogens with zero attached hydrogens (tertiary/aromatic N) is 4. The number of aromatic nitrogens is 3. The Labute approximate surface area is 276 Å². The topological polar surface area (TPSA) is 148 Å². The van der Waals surface area contributed by atoms with Gasteiger partial charge in [0.25, 0.3) is 0 Å². The van der Waals surface area contributed by atoms with Gasteiger partial charge in [-0.1, -0.05) is 56.3 Å². The molecular formula is C35H47N7O5. The third kappa shape index (κ3) is 10.7. The number of hydrogen-bond acceptors (Lipinski definition) is 7. The van der Waals surface area contributed by atoms with Crippen molar-refractivity contribution in [3.8, 4) is 5.75 Å². The van der Waals surface area contributed by atoms with E-state index in [1.807, 2.05) is 75.4 Å². The molecule has 4 amide bonds. The minimum Gasteiger partial charge on any atom is -0.494 e. The lowest BCUT2D eigenvalue weighted by molar-refractivity contribution is -0.131. The summed E-state index contributed by atoms with van der Waals surface area (Å²) in [7, 11) is 0. The molecule has 0 fully saturated rings. The quantitative estimate of drug-likeness (QED) is 0.358. The van der Waals surface area contributed by atoms with Gasteiger partial charge >= 0.3 is 0 Å². The molecule has 3 N–H and O–H groups in total. The summed E-state index contributed by atoms with van der Waals surface area (Å²) in [6.45, 7) is 9.21. The van der Waals surface area contributed by atoms with Crippen molar-refractivity contribution in [3.05, 3.63) is 77.4 Å². The monoisotopic (exact) mass is 645 g/mol. The Morgan fingerprint density at radius 3 is 2.38 bits per heavy atom.